The van der Waals surface area contributed by atoms with Crippen molar-refractivity contribution in [2.24, 2.45) is 0 Å². The summed E-state index contributed by atoms with van der Waals surface area (Å²) in [6.07, 6.45) is 5.87. The molecule has 1 aliphatic carbocycles. The van der Waals surface area contributed by atoms with Gasteiger partial charge < -0.3 is 0 Å². The van der Waals surface area contributed by atoms with Crippen LogP contribution in [0.1, 0.15) is 52.6 Å². The quantitative estimate of drug-likeness (QED) is 0.372. The minimum absolute atomic E-state index is 0.187. The summed E-state index contributed by atoms with van der Waals surface area (Å²) in [4.78, 5) is 2.28. The zero-order valence-electron chi connectivity index (χ0n) is 19.8. The molecule has 174 valence electrons. The number of halogens is 2. The van der Waals surface area contributed by atoms with Gasteiger partial charge in [0.15, 0.2) is 0 Å². The largest absolute Gasteiger partial charge is 0.295 e. The lowest BCUT2D eigenvalue weighted by Gasteiger charge is -2.33. The highest BCUT2D eigenvalue weighted by Gasteiger charge is 2.22. The molecule has 0 amide bonds. The van der Waals surface area contributed by atoms with Gasteiger partial charge in [-0.05, 0) is 94.8 Å². The summed E-state index contributed by atoms with van der Waals surface area (Å²) in [5.74, 6) is -0.187. The molecule has 0 radical (unpaired) electrons. The number of likely N-dealkylation sites (tertiary alicyclic amines) is 1. The van der Waals surface area contributed by atoms with Crippen molar-refractivity contribution in [2.75, 3.05) is 26.3 Å². The van der Waals surface area contributed by atoms with E-state index in [4.69, 9.17) is 0 Å². The van der Waals surface area contributed by atoms with Crippen LogP contribution in [0.4, 0.5) is 8.78 Å². The number of alkyl halides is 1. The van der Waals surface area contributed by atoms with Crippen molar-refractivity contribution in [1.29, 1.82) is 0 Å². The van der Waals surface area contributed by atoms with Crippen molar-refractivity contribution in [3.8, 4) is 0 Å². The van der Waals surface area contributed by atoms with Gasteiger partial charge in [0.2, 0.25) is 0 Å². The molecule has 0 spiro atoms. The molecule has 0 N–H and O–H groups in total. The summed E-state index contributed by atoms with van der Waals surface area (Å²) in [6, 6.07) is 22.6. The summed E-state index contributed by atoms with van der Waals surface area (Å²) in [6.45, 7) is 4.53. The number of rotatable bonds is 6. The van der Waals surface area contributed by atoms with Crippen LogP contribution in [0.2, 0.25) is 0 Å². The summed E-state index contributed by atoms with van der Waals surface area (Å²) < 4.78 is 26.7. The van der Waals surface area contributed by atoms with Crippen LogP contribution in [0.5, 0.6) is 0 Å². The third-order valence-electron chi connectivity index (χ3n) is 7.02. The van der Waals surface area contributed by atoms with Gasteiger partial charge in [-0.2, -0.15) is 0 Å². The third kappa shape index (κ3) is 4.76. The van der Waals surface area contributed by atoms with E-state index in [-0.39, 0.29) is 12.5 Å². The topological polar surface area (TPSA) is 3.24 Å². The predicted molar refractivity (Wildman–Crippen MR) is 138 cm³/mol. The van der Waals surface area contributed by atoms with Gasteiger partial charge in [0.05, 0.1) is 6.67 Å². The Kier molecular flexibility index (Phi) is 6.73. The highest BCUT2D eigenvalue weighted by molar-refractivity contribution is 6.00. The third-order valence-corrected chi connectivity index (χ3v) is 7.02. The Morgan fingerprint density at radius 2 is 1.71 bits per heavy atom. The number of hydrogen-bond donors (Lipinski definition) is 0. The van der Waals surface area contributed by atoms with E-state index in [0.29, 0.717) is 6.42 Å². The van der Waals surface area contributed by atoms with E-state index in [0.717, 1.165) is 50.0 Å². The molecule has 34 heavy (non-hydrogen) atoms. The maximum atomic E-state index is 14.3. The molecule has 1 aliphatic heterocycles. The number of fused-ring (bicyclic) bond motifs is 1. The lowest BCUT2D eigenvalue weighted by Crippen LogP contribution is -2.40. The Balaban J connectivity index is 1.52. The summed E-state index contributed by atoms with van der Waals surface area (Å²) in [7, 11) is 0. The van der Waals surface area contributed by atoms with Crippen LogP contribution in [-0.2, 0) is 6.42 Å². The van der Waals surface area contributed by atoms with Crippen molar-refractivity contribution in [3.05, 3.63) is 112 Å². The Morgan fingerprint density at radius 3 is 2.50 bits per heavy atom. The summed E-state index contributed by atoms with van der Waals surface area (Å²) >= 11 is 0. The first-order valence-electron chi connectivity index (χ1n) is 12.3. The van der Waals surface area contributed by atoms with Crippen LogP contribution >= 0.6 is 0 Å². The van der Waals surface area contributed by atoms with Crippen LogP contribution in [0, 0.1) is 12.7 Å². The number of aryl methyl sites for hydroxylation is 2. The van der Waals surface area contributed by atoms with Gasteiger partial charge in [0.1, 0.15) is 5.82 Å². The highest BCUT2D eigenvalue weighted by Crippen LogP contribution is 2.41. The second-order valence-electron chi connectivity index (χ2n) is 9.50. The van der Waals surface area contributed by atoms with Gasteiger partial charge in [-0.1, -0.05) is 60.7 Å². The summed E-state index contributed by atoms with van der Waals surface area (Å²) in [5, 5.41) is 0. The van der Waals surface area contributed by atoms with E-state index < -0.39 is 0 Å². The average Bonchev–Trinajstić information content (AvgIpc) is 3.02. The first-order valence-corrected chi connectivity index (χ1v) is 12.3. The van der Waals surface area contributed by atoms with Crippen LogP contribution < -0.4 is 0 Å². The van der Waals surface area contributed by atoms with Gasteiger partial charge in [-0.3, -0.25) is 9.29 Å². The Bertz CT molecular complexity index is 1230. The molecule has 3 heteroatoms. The average molecular weight is 456 g/mol. The van der Waals surface area contributed by atoms with Crippen molar-refractivity contribution in [1.82, 2.24) is 4.90 Å². The summed E-state index contributed by atoms with van der Waals surface area (Å²) in [5.41, 5.74) is 10.9. The highest BCUT2D eigenvalue weighted by atomic mass is 19.1. The van der Waals surface area contributed by atoms with Gasteiger partial charge in [0, 0.05) is 19.6 Å². The second-order valence-corrected chi connectivity index (χ2v) is 9.50. The molecular formula is C31H31F2N. The number of allylic oxidation sites excluding steroid dienone is 1. The molecule has 0 bridgehead atoms. The zero-order valence-corrected chi connectivity index (χ0v) is 19.8. The fourth-order valence-corrected chi connectivity index (χ4v) is 5.29. The molecule has 1 saturated heterocycles. The Hall–Kier alpha value is -3.04. The Morgan fingerprint density at radius 1 is 0.912 bits per heavy atom. The van der Waals surface area contributed by atoms with Crippen LogP contribution in [-0.4, -0.2) is 31.2 Å². The maximum Gasteiger partial charge on any atom is 0.123 e. The van der Waals surface area contributed by atoms with E-state index in [1.807, 2.05) is 6.07 Å². The molecule has 2 aliphatic rings. The molecule has 5 rings (SSSR count). The van der Waals surface area contributed by atoms with Gasteiger partial charge >= 0.3 is 0 Å². The van der Waals surface area contributed by atoms with Crippen LogP contribution in [0.3, 0.4) is 0 Å². The number of hydrogen-bond acceptors (Lipinski definition) is 1. The van der Waals surface area contributed by atoms with E-state index in [2.05, 4.69) is 66.4 Å². The van der Waals surface area contributed by atoms with E-state index in [1.165, 1.54) is 39.0 Å². The molecular weight excluding hydrogens is 424 g/mol. The lowest BCUT2D eigenvalue weighted by molar-refractivity contribution is 0.239. The first-order chi connectivity index (χ1) is 16.6. The minimum atomic E-state index is -0.243. The van der Waals surface area contributed by atoms with Gasteiger partial charge in [-0.25, -0.2) is 4.39 Å². The van der Waals surface area contributed by atoms with Crippen molar-refractivity contribution in [3.63, 3.8) is 0 Å². The molecule has 3 aromatic rings. The zero-order chi connectivity index (χ0) is 23.5. The van der Waals surface area contributed by atoms with Crippen LogP contribution in [0.25, 0.3) is 17.2 Å². The standard InChI is InChI=1S/C31H31F2N/c1-22-10-15-27(33)19-30(22)29-9-4-7-25-6-2-3-8-28(25)31(29)26-13-11-23(12-14-26)18-24-20-34(21-24)17-5-16-32/h2-3,6,8,10-15,18-19H,4-5,7,9,16-17,20-21H2,1H3. The first kappa shape index (κ1) is 22.7. The molecule has 0 unspecified atom stereocenters. The molecule has 1 fully saturated rings. The van der Waals surface area contributed by atoms with Crippen molar-refractivity contribution in [2.45, 2.75) is 32.6 Å². The minimum Gasteiger partial charge on any atom is -0.295 e. The monoisotopic (exact) mass is 455 g/mol. The molecule has 1 nitrogen and oxygen atoms in total. The van der Waals surface area contributed by atoms with Gasteiger partial charge in [0.25, 0.3) is 0 Å². The molecule has 0 aromatic heterocycles. The normalized spacial score (nSPS) is 16.1. The lowest BCUT2D eigenvalue weighted by atomic mass is 9.86. The Labute approximate surface area is 201 Å². The fraction of sp³-hybridized carbons (Fsp3) is 0.290. The van der Waals surface area contributed by atoms with Crippen molar-refractivity contribution < 1.29 is 8.78 Å². The maximum absolute atomic E-state index is 14.3. The fourth-order valence-electron chi connectivity index (χ4n) is 5.29. The van der Waals surface area contributed by atoms with E-state index >= 15 is 0 Å². The smallest absolute Gasteiger partial charge is 0.123 e. The van der Waals surface area contributed by atoms with Crippen molar-refractivity contribution >= 4 is 17.2 Å². The predicted octanol–water partition coefficient (Wildman–Crippen LogP) is 7.49. The second kappa shape index (κ2) is 10.1. The van der Waals surface area contributed by atoms with E-state index in [9.17, 15) is 8.78 Å². The van der Waals surface area contributed by atoms with Crippen LogP contribution in [0.15, 0.2) is 72.3 Å². The molecule has 0 atom stereocenters. The number of benzene rings is 3. The van der Waals surface area contributed by atoms with Gasteiger partial charge in [-0.15, -0.1) is 0 Å². The SMILES string of the molecule is Cc1ccc(F)cc1C1=C(c2ccc(C=C3CN(CCCF)C3)cc2)c2ccccc2CCC1. The molecule has 3 aromatic carbocycles. The number of nitrogens with zero attached hydrogens (tertiary/aromatic N) is 1. The molecule has 1 heterocycles. The van der Waals surface area contributed by atoms with E-state index in [1.54, 1.807) is 12.1 Å². The molecule has 0 saturated carbocycles.